The molecule has 2 N–H and O–H groups in total. The largest absolute Gasteiger partial charge is 0.416 e. The summed E-state index contributed by atoms with van der Waals surface area (Å²) in [5.74, 6) is -0.494. The average molecular weight is 337 g/mol. The third-order valence-corrected chi connectivity index (χ3v) is 3.63. The molecule has 1 aromatic carbocycles. The Kier molecular flexibility index (Phi) is 4.15. The molecule has 1 fully saturated rings. The number of hydrogen-bond acceptors (Lipinski definition) is 2. The minimum atomic E-state index is -4.45. The lowest BCUT2D eigenvalue weighted by molar-refractivity contribution is -0.137. The number of nitrogens with one attached hydrogen (secondary N) is 2. The Balaban J connectivity index is 2.20. The molecule has 0 saturated carbocycles. The van der Waals surface area contributed by atoms with Crippen LogP contribution < -0.4 is 10.6 Å². The van der Waals surface area contributed by atoms with Crippen LogP contribution in [0.2, 0.25) is 0 Å². The van der Waals surface area contributed by atoms with Gasteiger partial charge >= 0.3 is 6.18 Å². The number of benzene rings is 1. The molecule has 0 radical (unpaired) electrons. The fourth-order valence-electron chi connectivity index (χ4n) is 1.92. The third-order valence-electron chi connectivity index (χ3n) is 2.93. The summed E-state index contributed by atoms with van der Waals surface area (Å²) in [6.45, 7) is 1.44. The first-order chi connectivity index (χ1) is 8.88. The van der Waals surface area contributed by atoms with E-state index in [1.165, 1.54) is 6.07 Å². The van der Waals surface area contributed by atoms with Gasteiger partial charge in [0.15, 0.2) is 0 Å². The maximum absolute atomic E-state index is 12.6. The maximum atomic E-state index is 12.6. The predicted molar refractivity (Wildman–Crippen MR) is 67.9 cm³/mol. The molecule has 1 saturated heterocycles. The first-order valence-corrected chi connectivity index (χ1v) is 6.55. The Morgan fingerprint density at radius 1 is 1.42 bits per heavy atom. The molecule has 0 aliphatic carbocycles. The van der Waals surface area contributed by atoms with Crippen LogP contribution in [0.15, 0.2) is 22.7 Å². The van der Waals surface area contributed by atoms with Gasteiger partial charge in [-0.15, -0.1) is 0 Å². The van der Waals surface area contributed by atoms with Crippen LogP contribution in [0.1, 0.15) is 22.3 Å². The molecule has 1 atom stereocenters. The standard InChI is InChI=1S/C12H12BrF3N2O/c13-10-2-1-7(12(14,15)16)5-9(10)11(19)18-8-3-4-17-6-8/h1-2,5,8,17H,3-4,6H2,(H,18,19). The number of amides is 1. The first kappa shape index (κ1) is 14.3. The van der Waals surface area contributed by atoms with E-state index in [-0.39, 0.29) is 11.6 Å². The lowest BCUT2D eigenvalue weighted by atomic mass is 10.1. The molecule has 1 aromatic rings. The van der Waals surface area contributed by atoms with Crippen molar-refractivity contribution in [3.8, 4) is 0 Å². The van der Waals surface area contributed by atoms with Crippen LogP contribution in [0.5, 0.6) is 0 Å². The fourth-order valence-corrected chi connectivity index (χ4v) is 2.34. The van der Waals surface area contributed by atoms with Crippen molar-refractivity contribution in [2.75, 3.05) is 13.1 Å². The van der Waals surface area contributed by atoms with Gasteiger partial charge in [-0.2, -0.15) is 13.2 Å². The van der Waals surface area contributed by atoms with E-state index in [0.29, 0.717) is 11.0 Å². The Labute approximate surface area is 116 Å². The van der Waals surface area contributed by atoms with E-state index in [4.69, 9.17) is 0 Å². The van der Waals surface area contributed by atoms with E-state index in [2.05, 4.69) is 26.6 Å². The van der Waals surface area contributed by atoms with Crippen LogP contribution in [-0.2, 0) is 6.18 Å². The van der Waals surface area contributed by atoms with Crippen LogP contribution in [-0.4, -0.2) is 25.0 Å². The molecule has 0 spiro atoms. The molecule has 1 amide bonds. The van der Waals surface area contributed by atoms with Crippen molar-refractivity contribution >= 4 is 21.8 Å². The second-order valence-electron chi connectivity index (χ2n) is 4.36. The van der Waals surface area contributed by atoms with Crippen molar-refractivity contribution < 1.29 is 18.0 Å². The smallest absolute Gasteiger partial charge is 0.348 e. The lowest BCUT2D eigenvalue weighted by Crippen LogP contribution is -2.36. The number of hydrogen-bond donors (Lipinski definition) is 2. The van der Waals surface area contributed by atoms with Gasteiger partial charge in [-0.05, 0) is 47.1 Å². The Bertz CT molecular complexity index is 484. The van der Waals surface area contributed by atoms with Crippen molar-refractivity contribution in [3.05, 3.63) is 33.8 Å². The van der Waals surface area contributed by atoms with Gasteiger partial charge in [0.25, 0.3) is 5.91 Å². The Morgan fingerprint density at radius 3 is 2.74 bits per heavy atom. The quantitative estimate of drug-likeness (QED) is 0.871. The van der Waals surface area contributed by atoms with Gasteiger partial charge in [-0.25, -0.2) is 0 Å². The van der Waals surface area contributed by atoms with Crippen LogP contribution in [0.4, 0.5) is 13.2 Å². The summed E-state index contributed by atoms with van der Waals surface area (Å²) in [6.07, 6.45) is -3.67. The van der Waals surface area contributed by atoms with Gasteiger partial charge in [0.1, 0.15) is 0 Å². The van der Waals surface area contributed by atoms with E-state index in [9.17, 15) is 18.0 Å². The number of carbonyl (C=O) groups is 1. The lowest BCUT2D eigenvalue weighted by Gasteiger charge is -2.14. The van der Waals surface area contributed by atoms with Gasteiger partial charge in [0.2, 0.25) is 0 Å². The zero-order chi connectivity index (χ0) is 14.0. The van der Waals surface area contributed by atoms with Gasteiger partial charge < -0.3 is 10.6 Å². The molecule has 0 aromatic heterocycles. The molecule has 1 aliphatic heterocycles. The normalized spacial score (nSPS) is 19.5. The van der Waals surface area contributed by atoms with E-state index in [1.807, 2.05) is 0 Å². The molecule has 3 nitrogen and oxygen atoms in total. The van der Waals surface area contributed by atoms with Crippen LogP contribution >= 0.6 is 15.9 Å². The van der Waals surface area contributed by atoms with Crippen molar-refractivity contribution in [1.29, 1.82) is 0 Å². The first-order valence-electron chi connectivity index (χ1n) is 5.76. The van der Waals surface area contributed by atoms with E-state index in [1.54, 1.807) is 0 Å². The number of rotatable bonds is 2. The summed E-state index contributed by atoms with van der Waals surface area (Å²) in [5.41, 5.74) is -0.827. The molecule has 1 unspecified atom stereocenters. The highest BCUT2D eigenvalue weighted by Gasteiger charge is 2.31. The third kappa shape index (κ3) is 3.48. The molecule has 7 heteroatoms. The van der Waals surface area contributed by atoms with E-state index in [0.717, 1.165) is 25.1 Å². The molecular formula is C12H12BrF3N2O. The van der Waals surface area contributed by atoms with Crippen molar-refractivity contribution in [2.45, 2.75) is 18.6 Å². The molecule has 2 rings (SSSR count). The van der Waals surface area contributed by atoms with Crippen LogP contribution in [0.3, 0.4) is 0 Å². The fraction of sp³-hybridized carbons (Fsp3) is 0.417. The molecule has 19 heavy (non-hydrogen) atoms. The number of halogens is 4. The average Bonchev–Trinajstić information content (AvgIpc) is 2.80. The van der Waals surface area contributed by atoms with Gasteiger partial charge in [0, 0.05) is 17.1 Å². The molecule has 0 bridgehead atoms. The molecule has 1 aliphatic rings. The summed E-state index contributed by atoms with van der Waals surface area (Å²) in [5, 5.41) is 5.79. The van der Waals surface area contributed by atoms with Gasteiger partial charge in [0.05, 0.1) is 11.1 Å². The second kappa shape index (κ2) is 5.50. The maximum Gasteiger partial charge on any atom is 0.416 e. The SMILES string of the molecule is O=C(NC1CCNC1)c1cc(C(F)(F)F)ccc1Br. The number of carbonyl (C=O) groups excluding carboxylic acids is 1. The molecule has 104 valence electrons. The minimum absolute atomic E-state index is 0.00160. The monoisotopic (exact) mass is 336 g/mol. The van der Waals surface area contributed by atoms with Crippen molar-refractivity contribution in [2.24, 2.45) is 0 Å². The summed E-state index contributed by atoms with van der Waals surface area (Å²) in [4.78, 5) is 12.0. The summed E-state index contributed by atoms with van der Waals surface area (Å²) in [7, 11) is 0. The minimum Gasteiger partial charge on any atom is -0.348 e. The number of alkyl halides is 3. The van der Waals surface area contributed by atoms with Gasteiger partial charge in [-0.3, -0.25) is 4.79 Å². The molecular weight excluding hydrogens is 325 g/mol. The van der Waals surface area contributed by atoms with Crippen LogP contribution in [0, 0.1) is 0 Å². The topological polar surface area (TPSA) is 41.1 Å². The second-order valence-corrected chi connectivity index (χ2v) is 5.21. The summed E-state index contributed by atoms with van der Waals surface area (Å²) in [6, 6.07) is 3.01. The zero-order valence-electron chi connectivity index (χ0n) is 9.85. The summed E-state index contributed by atoms with van der Waals surface area (Å²) < 4.78 is 38.2. The molecule has 1 heterocycles. The van der Waals surface area contributed by atoms with Crippen molar-refractivity contribution in [3.63, 3.8) is 0 Å². The predicted octanol–water partition coefficient (Wildman–Crippen LogP) is 2.56. The summed E-state index contributed by atoms with van der Waals surface area (Å²) >= 11 is 3.10. The Hall–Kier alpha value is -1.08. The highest BCUT2D eigenvalue weighted by atomic mass is 79.9. The van der Waals surface area contributed by atoms with Crippen LogP contribution in [0.25, 0.3) is 0 Å². The van der Waals surface area contributed by atoms with E-state index < -0.39 is 17.6 Å². The zero-order valence-corrected chi connectivity index (χ0v) is 11.4. The Morgan fingerprint density at radius 2 is 2.16 bits per heavy atom. The highest BCUT2D eigenvalue weighted by Crippen LogP contribution is 2.31. The highest BCUT2D eigenvalue weighted by molar-refractivity contribution is 9.10. The van der Waals surface area contributed by atoms with E-state index >= 15 is 0 Å². The van der Waals surface area contributed by atoms with Gasteiger partial charge in [-0.1, -0.05) is 0 Å². The van der Waals surface area contributed by atoms with Crippen molar-refractivity contribution in [1.82, 2.24) is 10.6 Å².